The molecule has 0 radical (unpaired) electrons. The summed E-state index contributed by atoms with van der Waals surface area (Å²) < 4.78 is 0. The van der Waals surface area contributed by atoms with Crippen LogP contribution in [-0.4, -0.2) is 18.1 Å². The molecule has 1 aliphatic rings. The topological polar surface area (TPSA) is 24.9 Å². The average molecular weight is 198 g/mol. The van der Waals surface area contributed by atoms with E-state index in [4.69, 9.17) is 0 Å². The molecule has 0 spiro atoms. The number of aromatic nitrogens is 1. The Bertz CT molecular complexity index is 467. The van der Waals surface area contributed by atoms with Gasteiger partial charge in [-0.1, -0.05) is 24.3 Å². The molecule has 0 amide bonds. The molecule has 15 heavy (non-hydrogen) atoms. The summed E-state index contributed by atoms with van der Waals surface area (Å²) in [5, 5.41) is 6.01. The minimum atomic E-state index is 0.594. The van der Waals surface area contributed by atoms with E-state index in [9.17, 15) is 0 Å². The second-order valence-corrected chi connectivity index (χ2v) is 4.11. The number of fused-ring (bicyclic) bond motifs is 1. The van der Waals surface area contributed by atoms with Crippen LogP contribution in [0.15, 0.2) is 36.5 Å². The third-order valence-electron chi connectivity index (χ3n) is 3.15. The molecule has 76 valence electrons. The fourth-order valence-electron chi connectivity index (χ4n) is 2.36. The van der Waals surface area contributed by atoms with Gasteiger partial charge in [-0.05, 0) is 24.4 Å². The zero-order chi connectivity index (χ0) is 10.1. The van der Waals surface area contributed by atoms with E-state index in [0.717, 1.165) is 13.1 Å². The Labute approximate surface area is 89.3 Å². The van der Waals surface area contributed by atoms with E-state index in [1.165, 1.54) is 22.9 Å². The Kier molecular flexibility index (Phi) is 2.14. The molecule has 2 aromatic rings. The molecule has 2 heteroatoms. The van der Waals surface area contributed by atoms with Gasteiger partial charge in [0, 0.05) is 24.0 Å². The number of nitrogens with one attached hydrogen (secondary N) is 1. The molecule has 3 rings (SSSR count). The standard InChI is InChI=1S/C13H14N2/c1-2-4-12-10(3-1)6-8-15-13(12)11-5-7-14-9-11/h1-4,6,8,11,14H,5,7,9H2. The predicted molar refractivity (Wildman–Crippen MR) is 62.0 cm³/mol. The first-order valence-electron chi connectivity index (χ1n) is 5.49. The van der Waals surface area contributed by atoms with Crippen LogP contribution in [0.1, 0.15) is 18.0 Å². The summed E-state index contributed by atoms with van der Waals surface area (Å²) in [6, 6.07) is 10.6. The van der Waals surface area contributed by atoms with Gasteiger partial charge in [-0.15, -0.1) is 0 Å². The van der Waals surface area contributed by atoms with Crippen LogP contribution in [0.25, 0.3) is 10.8 Å². The molecule has 1 N–H and O–H groups in total. The number of hydrogen-bond acceptors (Lipinski definition) is 2. The van der Waals surface area contributed by atoms with Crippen molar-refractivity contribution in [3.05, 3.63) is 42.2 Å². The average Bonchev–Trinajstić information content (AvgIpc) is 2.82. The maximum absolute atomic E-state index is 4.55. The second kappa shape index (κ2) is 3.63. The minimum absolute atomic E-state index is 0.594. The number of rotatable bonds is 1. The smallest absolute Gasteiger partial charge is 0.0525 e. The largest absolute Gasteiger partial charge is 0.316 e. The Morgan fingerprint density at radius 3 is 3.00 bits per heavy atom. The van der Waals surface area contributed by atoms with Gasteiger partial charge in [-0.3, -0.25) is 4.98 Å². The fraction of sp³-hybridized carbons (Fsp3) is 0.308. The molecule has 1 aromatic carbocycles. The third-order valence-corrected chi connectivity index (χ3v) is 3.15. The summed E-state index contributed by atoms with van der Waals surface area (Å²) in [7, 11) is 0. The molecule has 1 aliphatic heterocycles. The first kappa shape index (κ1) is 8.86. The van der Waals surface area contributed by atoms with E-state index in [0.29, 0.717) is 5.92 Å². The lowest BCUT2D eigenvalue weighted by molar-refractivity contribution is 0.743. The summed E-state index contributed by atoms with van der Waals surface area (Å²) in [5.41, 5.74) is 1.26. The van der Waals surface area contributed by atoms with E-state index in [1.54, 1.807) is 0 Å². The van der Waals surface area contributed by atoms with E-state index in [1.807, 2.05) is 6.20 Å². The maximum atomic E-state index is 4.55. The summed E-state index contributed by atoms with van der Waals surface area (Å²) >= 11 is 0. The van der Waals surface area contributed by atoms with E-state index in [2.05, 4.69) is 40.6 Å². The summed E-state index contributed by atoms with van der Waals surface area (Å²) in [4.78, 5) is 4.55. The first-order valence-corrected chi connectivity index (χ1v) is 5.49. The molecule has 1 aromatic heterocycles. The molecule has 0 aliphatic carbocycles. The molecule has 1 fully saturated rings. The van der Waals surface area contributed by atoms with Crippen molar-refractivity contribution in [2.75, 3.05) is 13.1 Å². The van der Waals surface area contributed by atoms with Crippen LogP contribution in [0.5, 0.6) is 0 Å². The molecule has 0 saturated carbocycles. The lowest BCUT2D eigenvalue weighted by Gasteiger charge is -2.10. The SMILES string of the molecule is c1ccc2c(C3CCNC3)nccc2c1. The van der Waals surface area contributed by atoms with Crippen molar-refractivity contribution in [2.24, 2.45) is 0 Å². The highest BCUT2D eigenvalue weighted by Crippen LogP contribution is 2.27. The van der Waals surface area contributed by atoms with Crippen molar-refractivity contribution in [2.45, 2.75) is 12.3 Å². The molecule has 1 unspecified atom stereocenters. The molecule has 0 bridgehead atoms. The van der Waals surface area contributed by atoms with Crippen molar-refractivity contribution < 1.29 is 0 Å². The van der Waals surface area contributed by atoms with Crippen molar-refractivity contribution >= 4 is 10.8 Å². The molecule has 2 nitrogen and oxygen atoms in total. The number of benzene rings is 1. The van der Waals surface area contributed by atoms with E-state index >= 15 is 0 Å². The van der Waals surface area contributed by atoms with Gasteiger partial charge < -0.3 is 5.32 Å². The van der Waals surface area contributed by atoms with Crippen LogP contribution < -0.4 is 5.32 Å². The zero-order valence-corrected chi connectivity index (χ0v) is 8.61. The van der Waals surface area contributed by atoms with Gasteiger partial charge in [0.05, 0.1) is 5.69 Å². The highest BCUT2D eigenvalue weighted by atomic mass is 14.9. The van der Waals surface area contributed by atoms with Crippen LogP contribution >= 0.6 is 0 Å². The van der Waals surface area contributed by atoms with Gasteiger partial charge in [0.2, 0.25) is 0 Å². The van der Waals surface area contributed by atoms with Gasteiger partial charge in [-0.25, -0.2) is 0 Å². The van der Waals surface area contributed by atoms with Crippen molar-refractivity contribution in [3.63, 3.8) is 0 Å². The Morgan fingerprint density at radius 1 is 1.20 bits per heavy atom. The van der Waals surface area contributed by atoms with Gasteiger partial charge in [0.15, 0.2) is 0 Å². The highest BCUT2D eigenvalue weighted by molar-refractivity contribution is 5.84. The monoisotopic (exact) mass is 198 g/mol. The summed E-state index contributed by atoms with van der Waals surface area (Å²) in [6.45, 7) is 2.19. The van der Waals surface area contributed by atoms with Crippen LogP contribution in [0, 0.1) is 0 Å². The van der Waals surface area contributed by atoms with Crippen LogP contribution in [0.3, 0.4) is 0 Å². The quantitative estimate of drug-likeness (QED) is 0.760. The Hall–Kier alpha value is -1.41. The van der Waals surface area contributed by atoms with Gasteiger partial charge >= 0.3 is 0 Å². The maximum Gasteiger partial charge on any atom is 0.0525 e. The summed E-state index contributed by atoms with van der Waals surface area (Å²) in [5.74, 6) is 0.594. The molecule has 2 heterocycles. The van der Waals surface area contributed by atoms with Crippen LogP contribution in [0.2, 0.25) is 0 Å². The Balaban J connectivity index is 2.16. The van der Waals surface area contributed by atoms with Gasteiger partial charge in [0.25, 0.3) is 0 Å². The normalized spacial score (nSPS) is 20.9. The number of hydrogen-bond donors (Lipinski definition) is 1. The zero-order valence-electron chi connectivity index (χ0n) is 8.61. The molecule has 1 atom stereocenters. The minimum Gasteiger partial charge on any atom is -0.316 e. The van der Waals surface area contributed by atoms with E-state index in [-0.39, 0.29) is 0 Å². The first-order chi connectivity index (χ1) is 7.45. The fourth-order valence-corrected chi connectivity index (χ4v) is 2.36. The lowest BCUT2D eigenvalue weighted by atomic mass is 9.98. The van der Waals surface area contributed by atoms with Gasteiger partial charge in [0.1, 0.15) is 0 Å². The van der Waals surface area contributed by atoms with Crippen molar-refractivity contribution in [1.82, 2.24) is 10.3 Å². The molecular formula is C13H14N2. The molecular weight excluding hydrogens is 184 g/mol. The van der Waals surface area contributed by atoms with Crippen molar-refractivity contribution in [1.29, 1.82) is 0 Å². The number of pyridine rings is 1. The predicted octanol–water partition coefficient (Wildman–Crippen LogP) is 2.31. The Morgan fingerprint density at radius 2 is 2.13 bits per heavy atom. The van der Waals surface area contributed by atoms with Crippen LogP contribution in [0.4, 0.5) is 0 Å². The second-order valence-electron chi connectivity index (χ2n) is 4.11. The summed E-state index contributed by atoms with van der Waals surface area (Å²) in [6.07, 6.45) is 3.14. The highest BCUT2D eigenvalue weighted by Gasteiger charge is 2.19. The third kappa shape index (κ3) is 1.51. The lowest BCUT2D eigenvalue weighted by Crippen LogP contribution is -2.09. The van der Waals surface area contributed by atoms with Crippen LogP contribution in [-0.2, 0) is 0 Å². The van der Waals surface area contributed by atoms with Gasteiger partial charge in [-0.2, -0.15) is 0 Å². The number of nitrogens with zero attached hydrogens (tertiary/aromatic N) is 1. The van der Waals surface area contributed by atoms with Crippen molar-refractivity contribution in [3.8, 4) is 0 Å². The molecule has 1 saturated heterocycles. The van der Waals surface area contributed by atoms with E-state index < -0.39 is 0 Å².